The molecule has 1 nitrogen and oxygen atoms in total. The Morgan fingerprint density at radius 1 is 1.19 bits per heavy atom. The molecule has 0 radical (unpaired) electrons. The fraction of sp³-hybridized carbons (Fsp3) is 0.600. The third kappa shape index (κ3) is 4.24. The SMILES string of the molecule is CN(C)C(C)(C)CC#CC1CC=CC=CC1. The van der Waals surface area contributed by atoms with E-state index in [0.29, 0.717) is 5.92 Å². The second-order valence-corrected chi connectivity index (χ2v) is 5.23. The Bertz CT molecular complexity index is 309. The average Bonchev–Trinajstić information content (AvgIpc) is 2.46. The molecule has 0 atom stereocenters. The molecule has 0 aromatic heterocycles. The quantitative estimate of drug-likeness (QED) is 0.642. The molecule has 0 aromatic rings. The Morgan fingerprint density at radius 3 is 2.25 bits per heavy atom. The van der Waals surface area contributed by atoms with Crippen molar-refractivity contribution in [2.75, 3.05) is 14.1 Å². The highest BCUT2D eigenvalue weighted by molar-refractivity contribution is 5.15. The largest absolute Gasteiger partial charge is 0.303 e. The van der Waals surface area contributed by atoms with Crippen molar-refractivity contribution in [3.63, 3.8) is 0 Å². The van der Waals surface area contributed by atoms with Gasteiger partial charge >= 0.3 is 0 Å². The summed E-state index contributed by atoms with van der Waals surface area (Å²) < 4.78 is 0. The molecule has 0 bridgehead atoms. The van der Waals surface area contributed by atoms with Crippen LogP contribution in [-0.4, -0.2) is 24.5 Å². The van der Waals surface area contributed by atoms with E-state index in [1.807, 2.05) is 0 Å². The summed E-state index contributed by atoms with van der Waals surface area (Å²) in [4.78, 5) is 2.23. The molecule has 1 aliphatic rings. The van der Waals surface area contributed by atoms with E-state index >= 15 is 0 Å². The maximum atomic E-state index is 3.39. The van der Waals surface area contributed by atoms with Gasteiger partial charge in [0.25, 0.3) is 0 Å². The lowest BCUT2D eigenvalue weighted by atomic mass is 9.97. The van der Waals surface area contributed by atoms with E-state index in [9.17, 15) is 0 Å². The van der Waals surface area contributed by atoms with Crippen LogP contribution in [0.1, 0.15) is 33.1 Å². The van der Waals surface area contributed by atoms with E-state index in [4.69, 9.17) is 0 Å². The summed E-state index contributed by atoms with van der Waals surface area (Å²) in [6, 6.07) is 0. The first-order chi connectivity index (χ1) is 7.52. The first kappa shape index (κ1) is 13.1. The molecule has 0 heterocycles. The third-order valence-corrected chi connectivity index (χ3v) is 3.26. The summed E-state index contributed by atoms with van der Waals surface area (Å²) in [5.41, 5.74) is 0.170. The fourth-order valence-corrected chi connectivity index (χ4v) is 1.43. The molecule has 0 spiro atoms. The lowest BCUT2D eigenvalue weighted by Crippen LogP contribution is -2.37. The summed E-state index contributed by atoms with van der Waals surface area (Å²) in [6.07, 6.45) is 11.8. The zero-order valence-corrected chi connectivity index (χ0v) is 11.0. The van der Waals surface area contributed by atoms with Crippen LogP contribution in [0.4, 0.5) is 0 Å². The summed E-state index contributed by atoms with van der Waals surface area (Å²) >= 11 is 0. The van der Waals surface area contributed by atoms with Crippen molar-refractivity contribution in [2.24, 2.45) is 5.92 Å². The summed E-state index contributed by atoms with van der Waals surface area (Å²) in [7, 11) is 4.22. The second kappa shape index (κ2) is 5.92. The molecule has 1 rings (SSSR count). The zero-order chi connectivity index (χ0) is 12.0. The molecule has 0 fully saturated rings. The molecule has 0 N–H and O–H groups in total. The molecule has 16 heavy (non-hydrogen) atoms. The molecule has 0 aliphatic heterocycles. The Labute approximate surface area is 100 Å². The van der Waals surface area contributed by atoms with Crippen LogP contribution in [0.2, 0.25) is 0 Å². The molecule has 0 aromatic carbocycles. The van der Waals surface area contributed by atoms with Crippen molar-refractivity contribution in [1.82, 2.24) is 4.90 Å². The van der Waals surface area contributed by atoms with Gasteiger partial charge in [0.05, 0.1) is 0 Å². The Hall–Kier alpha value is -1.00. The Kier molecular flexibility index (Phi) is 4.83. The van der Waals surface area contributed by atoms with Crippen molar-refractivity contribution in [3.8, 4) is 11.8 Å². The molecular formula is C15H23N. The Morgan fingerprint density at radius 2 is 1.75 bits per heavy atom. The lowest BCUT2D eigenvalue weighted by molar-refractivity contribution is 0.201. The first-order valence-corrected chi connectivity index (χ1v) is 6.00. The lowest BCUT2D eigenvalue weighted by Gasteiger charge is -2.30. The van der Waals surface area contributed by atoms with Gasteiger partial charge in [0.2, 0.25) is 0 Å². The molecule has 0 unspecified atom stereocenters. The number of rotatable bonds is 2. The van der Waals surface area contributed by atoms with Gasteiger partial charge in [-0.1, -0.05) is 30.2 Å². The van der Waals surface area contributed by atoms with Crippen LogP contribution in [0.5, 0.6) is 0 Å². The number of allylic oxidation sites excluding steroid dienone is 4. The molecule has 0 amide bonds. The number of hydrogen-bond acceptors (Lipinski definition) is 1. The topological polar surface area (TPSA) is 3.24 Å². The van der Waals surface area contributed by atoms with Crippen molar-refractivity contribution in [2.45, 2.75) is 38.6 Å². The smallest absolute Gasteiger partial charge is 0.0272 e. The van der Waals surface area contributed by atoms with Crippen LogP contribution in [0.15, 0.2) is 24.3 Å². The Balaban J connectivity index is 2.48. The summed E-state index contributed by atoms with van der Waals surface area (Å²) in [5.74, 6) is 7.25. The maximum absolute atomic E-state index is 3.39. The molecule has 88 valence electrons. The van der Waals surface area contributed by atoms with Gasteiger partial charge in [0.15, 0.2) is 0 Å². The van der Waals surface area contributed by atoms with Crippen molar-refractivity contribution in [1.29, 1.82) is 0 Å². The summed E-state index contributed by atoms with van der Waals surface area (Å²) in [5, 5.41) is 0. The van der Waals surface area contributed by atoms with Crippen LogP contribution in [0.3, 0.4) is 0 Å². The van der Waals surface area contributed by atoms with Crippen molar-refractivity contribution < 1.29 is 0 Å². The highest BCUT2D eigenvalue weighted by Crippen LogP contribution is 2.16. The van der Waals surface area contributed by atoms with Gasteiger partial charge in [-0.3, -0.25) is 0 Å². The van der Waals surface area contributed by atoms with E-state index in [2.05, 4.69) is 69.0 Å². The zero-order valence-electron chi connectivity index (χ0n) is 11.0. The minimum absolute atomic E-state index is 0.170. The van der Waals surface area contributed by atoms with E-state index in [1.54, 1.807) is 0 Å². The van der Waals surface area contributed by atoms with E-state index in [0.717, 1.165) is 19.3 Å². The molecule has 1 aliphatic carbocycles. The highest BCUT2D eigenvalue weighted by Gasteiger charge is 2.18. The van der Waals surface area contributed by atoms with Gasteiger partial charge in [-0.15, -0.1) is 5.92 Å². The van der Waals surface area contributed by atoms with Gasteiger partial charge in [-0.25, -0.2) is 0 Å². The standard InChI is InChI=1S/C15H23N/c1-15(2,16(3)4)13-9-12-14-10-7-5-6-8-11-14/h5-8,14H,10-11,13H2,1-4H3. The minimum atomic E-state index is 0.170. The first-order valence-electron chi connectivity index (χ1n) is 6.00. The number of hydrogen-bond donors (Lipinski definition) is 0. The van der Waals surface area contributed by atoms with Crippen LogP contribution in [0.25, 0.3) is 0 Å². The number of nitrogens with zero attached hydrogens (tertiary/aromatic N) is 1. The van der Waals surface area contributed by atoms with Gasteiger partial charge in [0, 0.05) is 17.9 Å². The predicted octanol–water partition coefficient (Wildman–Crippen LogP) is 3.24. The molecule has 0 saturated carbocycles. The molecule has 1 heteroatoms. The normalized spacial score (nSPS) is 17.1. The van der Waals surface area contributed by atoms with Crippen molar-refractivity contribution >= 4 is 0 Å². The fourth-order valence-electron chi connectivity index (χ4n) is 1.43. The minimum Gasteiger partial charge on any atom is -0.303 e. The molecule has 0 saturated heterocycles. The second-order valence-electron chi connectivity index (χ2n) is 5.23. The van der Waals surface area contributed by atoms with Gasteiger partial charge in [0.1, 0.15) is 0 Å². The van der Waals surface area contributed by atoms with Crippen LogP contribution >= 0.6 is 0 Å². The summed E-state index contributed by atoms with van der Waals surface area (Å²) in [6.45, 7) is 4.46. The van der Waals surface area contributed by atoms with Crippen LogP contribution in [-0.2, 0) is 0 Å². The predicted molar refractivity (Wildman–Crippen MR) is 71.2 cm³/mol. The van der Waals surface area contributed by atoms with Crippen LogP contribution < -0.4 is 0 Å². The van der Waals surface area contributed by atoms with Crippen molar-refractivity contribution in [3.05, 3.63) is 24.3 Å². The van der Waals surface area contributed by atoms with Gasteiger partial charge in [-0.2, -0.15) is 0 Å². The monoisotopic (exact) mass is 217 g/mol. The maximum Gasteiger partial charge on any atom is 0.0272 e. The van der Waals surface area contributed by atoms with Gasteiger partial charge in [-0.05, 0) is 40.8 Å². The highest BCUT2D eigenvalue weighted by atomic mass is 15.1. The van der Waals surface area contributed by atoms with E-state index in [-0.39, 0.29) is 5.54 Å². The van der Waals surface area contributed by atoms with E-state index < -0.39 is 0 Å². The third-order valence-electron chi connectivity index (χ3n) is 3.26. The van der Waals surface area contributed by atoms with Gasteiger partial charge < -0.3 is 4.90 Å². The average molecular weight is 217 g/mol. The molecular weight excluding hydrogens is 194 g/mol. The van der Waals surface area contributed by atoms with E-state index in [1.165, 1.54) is 0 Å². The van der Waals surface area contributed by atoms with Crippen LogP contribution in [0, 0.1) is 17.8 Å².